The number of hydrogen-bond donors (Lipinski definition) is 4. The van der Waals surface area contributed by atoms with Crippen molar-refractivity contribution >= 4 is 17.8 Å². The second kappa shape index (κ2) is 7.34. The Bertz CT molecular complexity index is 560. The van der Waals surface area contributed by atoms with E-state index in [1.165, 1.54) is 13.0 Å². The largest absolute Gasteiger partial charge is 0.367 e. The van der Waals surface area contributed by atoms with Crippen LogP contribution in [0.4, 0.5) is 13.6 Å². The number of amides is 4. The van der Waals surface area contributed by atoms with E-state index in [-0.39, 0.29) is 12.0 Å². The van der Waals surface area contributed by atoms with Crippen molar-refractivity contribution in [3.05, 3.63) is 35.4 Å². The predicted molar refractivity (Wildman–Crippen MR) is 73.4 cm³/mol. The summed E-state index contributed by atoms with van der Waals surface area (Å²) in [4.78, 5) is 33.5. The first-order valence-electron chi connectivity index (χ1n) is 6.31. The van der Waals surface area contributed by atoms with E-state index in [0.717, 1.165) is 12.1 Å². The Balaban J connectivity index is 2.65. The van der Waals surface area contributed by atoms with Crippen molar-refractivity contribution in [1.29, 1.82) is 0 Å². The Morgan fingerprint density at radius 3 is 2.05 bits per heavy atom. The maximum Gasteiger partial charge on any atom is 0.316 e. The average molecular weight is 314 g/mol. The Hall–Kier alpha value is -2.71. The highest BCUT2D eigenvalue weighted by Crippen LogP contribution is 2.14. The second-order valence-electron chi connectivity index (χ2n) is 4.66. The number of primary amides is 2. The minimum Gasteiger partial charge on any atom is -0.367 e. The van der Waals surface area contributed by atoms with E-state index in [1.807, 2.05) is 5.32 Å². The van der Waals surface area contributed by atoms with Crippen LogP contribution in [0, 0.1) is 11.6 Å². The van der Waals surface area contributed by atoms with Gasteiger partial charge in [0.25, 0.3) is 0 Å². The first kappa shape index (κ1) is 17.3. The molecule has 0 saturated heterocycles. The van der Waals surface area contributed by atoms with Crippen LogP contribution in [-0.4, -0.2) is 29.9 Å². The van der Waals surface area contributed by atoms with E-state index in [4.69, 9.17) is 11.5 Å². The first-order chi connectivity index (χ1) is 10.2. The molecule has 0 saturated carbocycles. The highest BCUT2D eigenvalue weighted by molar-refractivity contribution is 6.05. The van der Waals surface area contributed by atoms with Gasteiger partial charge in [0.15, 0.2) is 6.04 Å². The lowest BCUT2D eigenvalue weighted by Gasteiger charge is -2.17. The zero-order chi connectivity index (χ0) is 16.9. The third-order valence-electron chi connectivity index (χ3n) is 2.79. The lowest BCUT2D eigenvalue weighted by molar-refractivity contribution is -0.128. The summed E-state index contributed by atoms with van der Waals surface area (Å²) in [6, 6.07) is 0.170. The number of carbonyl (C=O) groups excluding carboxylic acids is 3. The van der Waals surface area contributed by atoms with E-state index in [2.05, 4.69) is 5.32 Å². The van der Waals surface area contributed by atoms with Gasteiger partial charge in [-0.15, -0.1) is 0 Å². The van der Waals surface area contributed by atoms with Crippen molar-refractivity contribution in [3.8, 4) is 0 Å². The minimum absolute atomic E-state index is 0.121. The molecule has 0 heterocycles. The van der Waals surface area contributed by atoms with Crippen molar-refractivity contribution in [2.45, 2.75) is 25.4 Å². The molecule has 1 aromatic rings. The molecule has 9 heteroatoms. The highest BCUT2D eigenvalue weighted by atomic mass is 19.1. The van der Waals surface area contributed by atoms with Gasteiger partial charge in [-0.25, -0.2) is 13.6 Å². The molecule has 7 nitrogen and oxygen atoms in total. The van der Waals surface area contributed by atoms with Crippen LogP contribution in [0.15, 0.2) is 18.2 Å². The van der Waals surface area contributed by atoms with Crippen LogP contribution >= 0.6 is 0 Å². The van der Waals surface area contributed by atoms with Crippen molar-refractivity contribution in [3.63, 3.8) is 0 Å². The van der Waals surface area contributed by atoms with Crippen LogP contribution in [0.3, 0.4) is 0 Å². The second-order valence-corrected chi connectivity index (χ2v) is 4.66. The van der Waals surface area contributed by atoms with Crippen LogP contribution in [-0.2, 0) is 16.0 Å². The number of benzene rings is 1. The van der Waals surface area contributed by atoms with Gasteiger partial charge in [0.2, 0.25) is 11.8 Å². The van der Waals surface area contributed by atoms with Crippen LogP contribution < -0.4 is 22.1 Å². The molecule has 0 aliphatic carbocycles. The molecule has 0 radical (unpaired) electrons. The monoisotopic (exact) mass is 314 g/mol. The quantitative estimate of drug-likeness (QED) is 0.530. The molecular weight excluding hydrogens is 298 g/mol. The third-order valence-corrected chi connectivity index (χ3v) is 2.79. The fourth-order valence-electron chi connectivity index (χ4n) is 1.76. The molecule has 0 aromatic heterocycles. The summed E-state index contributed by atoms with van der Waals surface area (Å²) < 4.78 is 27.0. The van der Waals surface area contributed by atoms with Crippen molar-refractivity contribution in [1.82, 2.24) is 10.6 Å². The highest BCUT2D eigenvalue weighted by Gasteiger charge is 2.24. The molecule has 0 aliphatic rings. The molecular formula is C13H16F2N4O3. The fraction of sp³-hybridized carbons (Fsp3) is 0.308. The Labute approximate surface area is 125 Å². The summed E-state index contributed by atoms with van der Waals surface area (Å²) >= 11 is 0. The zero-order valence-electron chi connectivity index (χ0n) is 11.7. The van der Waals surface area contributed by atoms with E-state index in [1.54, 1.807) is 0 Å². The van der Waals surface area contributed by atoms with Crippen molar-refractivity contribution < 1.29 is 23.2 Å². The van der Waals surface area contributed by atoms with E-state index in [9.17, 15) is 23.2 Å². The molecule has 0 bridgehead atoms. The van der Waals surface area contributed by atoms with Gasteiger partial charge in [-0.3, -0.25) is 9.59 Å². The summed E-state index contributed by atoms with van der Waals surface area (Å²) in [5.41, 5.74) is 9.61. The van der Waals surface area contributed by atoms with Gasteiger partial charge >= 0.3 is 6.03 Å². The van der Waals surface area contributed by atoms with Crippen LogP contribution in [0.5, 0.6) is 0 Å². The average Bonchev–Trinajstić information content (AvgIpc) is 2.39. The topological polar surface area (TPSA) is 127 Å². The van der Waals surface area contributed by atoms with Gasteiger partial charge < -0.3 is 22.1 Å². The maximum atomic E-state index is 13.5. The van der Waals surface area contributed by atoms with E-state index >= 15 is 0 Å². The molecule has 1 rings (SSSR count). The summed E-state index contributed by atoms with van der Waals surface area (Å²) in [5, 5.41) is 4.30. The summed E-state index contributed by atoms with van der Waals surface area (Å²) in [7, 11) is 0. The number of urea groups is 1. The van der Waals surface area contributed by atoms with Gasteiger partial charge in [0.05, 0.1) is 0 Å². The normalized spacial score (nSPS) is 11.8. The molecule has 22 heavy (non-hydrogen) atoms. The predicted octanol–water partition coefficient (Wildman–Crippen LogP) is -0.466. The molecule has 0 fully saturated rings. The lowest BCUT2D eigenvalue weighted by atomic mass is 10.1. The molecule has 120 valence electrons. The number of halogens is 2. The summed E-state index contributed by atoms with van der Waals surface area (Å²) in [5.74, 6) is -3.70. The smallest absolute Gasteiger partial charge is 0.316 e. The van der Waals surface area contributed by atoms with Crippen LogP contribution in [0.25, 0.3) is 0 Å². The lowest BCUT2D eigenvalue weighted by Crippen LogP contribution is -2.56. The minimum atomic E-state index is -1.67. The van der Waals surface area contributed by atoms with Gasteiger partial charge in [-0.05, 0) is 25.5 Å². The maximum absolute atomic E-state index is 13.5. The molecule has 6 N–H and O–H groups in total. The summed E-state index contributed by atoms with van der Waals surface area (Å²) in [6.07, 6.45) is -0.121. The number of rotatable bonds is 6. The number of hydrogen-bond acceptors (Lipinski definition) is 3. The fourth-order valence-corrected chi connectivity index (χ4v) is 1.76. The zero-order valence-corrected chi connectivity index (χ0v) is 11.7. The van der Waals surface area contributed by atoms with Crippen molar-refractivity contribution in [2.24, 2.45) is 11.5 Å². The van der Waals surface area contributed by atoms with Crippen LogP contribution in [0.1, 0.15) is 12.5 Å². The molecule has 0 aliphatic heterocycles. The van der Waals surface area contributed by atoms with Crippen LogP contribution in [0.2, 0.25) is 0 Å². The molecule has 1 atom stereocenters. The third kappa shape index (κ3) is 4.69. The van der Waals surface area contributed by atoms with E-state index in [0.29, 0.717) is 0 Å². The van der Waals surface area contributed by atoms with Gasteiger partial charge in [0.1, 0.15) is 11.6 Å². The van der Waals surface area contributed by atoms with E-state index < -0.39 is 41.6 Å². The number of nitrogens with one attached hydrogen (secondary N) is 2. The van der Waals surface area contributed by atoms with Gasteiger partial charge in [0, 0.05) is 11.6 Å². The molecule has 1 aromatic carbocycles. The standard InChI is InChI=1S/C13H16F2N4O3/c1-6(5-7-8(14)3-2-4-9(7)15)18-13(22)19-10(11(16)20)12(17)21/h2-4,6,10H,5H2,1H3,(H2,16,20)(H2,17,21)(H2,18,19,22). The molecule has 1 unspecified atom stereocenters. The van der Waals surface area contributed by atoms with Gasteiger partial charge in [-0.1, -0.05) is 6.07 Å². The molecule has 4 amide bonds. The summed E-state index contributed by atoms with van der Waals surface area (Å²) in [6.45, 7) is 1.50. The Morgan fingerprint density at radius 1 is 1.09 bits per heavy atom. The molecule has 0 spiro atoms. The first-order valence-corrected chi connectivity index (χ1v) is 6.31. The Morgan fingerprint density at radius 2 is 1.59 bits per heavy atom. The number of nitrogens with two attached hydrogens (primary N) is 2. The number of carbonyl (C=O) groups is 3. The Kier molecular flexibility index (Phi) is 5.79. The van der Waals surface area contributed by atoms with Gasteiger partial charge in [-0.2, -0.15) is 0 Å². The van der Waals surface area contributed by atoms with Crippen molar-refractivity contribution in [2.75, 3.05) is 0 Å². The SMILES string of the molecule is CC(Cc1c(F)cccc1F)NC(=O)NC(C(N)=O)C(N)=O.